The van der Waals surface area contributed by atoms with Crippen LogP contribution in [0.4, 0.5) is 0 Å². The Morgan fingerprint density at radius 3 is 3.08 bits per heavy atom. The van der Waals surface area contributed by atoms with Gasteiger partial charge in [0.05, 0.1) is 10.2 Å². The Morgan fingerprint density at radius 1 is 1.50 bits per heavy atom. The molecule has 0 spiro atoms. The zero-order chi connectivity index (χ0) is 8.55. The van der Waals surface area contributed by atoms with Gasteiger partial charge in [0.1, 0.15) is 12.0 Å². The van der Waals surface area contributed by atoms with Crippen LogP contribution in [0.15, 0.2) is 11.7 Å². The molecular formula is C9H6N2S. The molecule has 2 rings (SSSR count). The van der Waals surface area contributed by atoms with Gasteiger partial charge in [-0.3, -0.25) is 0 Å². The summed E-state index contributed by atoms with van der Waals surface area (Å²) < 4.78 is 1.01. The second-order valence-corrected chi connectivity index (χ2v) is 3.34. The molecule has 3 heteroatoms. The maximum atomic E-state index is 5.29. The summed E-state index contributed by atoms with van der Waals surface area (Å²) in [5.74, 6) is 2.54. The molecule has 0 N–H and O–H groups in total. The molecule has 0 fully saturated rings. The Bertz CT molecular complexity index is 465. The number of thiophene rings is 1. The zero-order valence-electron chi connectivity index (χ0n) is 6.53. The van der Waals surface area contributed by atoms with Gasteiger partial charge in [-0.25, -0.2) is 9.97 Å². The number of hydrogen-bond acceptors (Lipinski definition) is 3. The summed E-state index contributed by atoms with van der Waals surface area (Å²) in [6.45, 7) is 2.02. The third-order valence-corrected chi connectivity index (χ3v) is 2.76. The van der Waals surface area contributed by atoms with Crippen LogP contribution in [0.5, 0.6) is 0 Å². The van der Waals surface area contributed by atoms with Crippen molar-refractivity contribution in [3.8, 4) is 12.3 Å². The van der Waals surface area contributed by atoms with Gasteiger partial charge in [-0.15, -0.1) is 17.8 Å². The zero-order valence-corrected chi connectivity index (χ0v) is 7.35. The molecule has 2 aromatic rings. The van der Waals surface area contributed by atoms with E-state index in [-0.39, 0.29) is 0 Å². The number of rotatable bonds is 0. The molecule has 0 radical (unpaired) electrons. The highest BCUT2D eigenvalue weighted by Gasteiger charge is 2.04. The van der Waals surface area contributed by atoms with Crippen LogP contribution in [0.25, 0.3) is 10.2 Å². The number of aryl methyl sites for hydroxylation is 1. The molecular weight excluding hydrogens is 168 g/mol. The van der Waals surface area contributed by atoms with Gasteiger partial charge in [-0.1, -0.05) is 0 Å². The van der Waals surface area contributed by atoms with Crippen molar-refractivity contribution in [2.24, 2.45) is 0 Å². The van der Waals surface area contributed by atoms with Gasteiger partial charge in [-0.05, 0) is 23.8 Å². The lowest BCUT2D eigenvalue weighted by Crippen LogP contribution is -1.84. The second kappa shape index (κ2) is 2.58. The fourth-order valence-electron chi connectivity index (χ4n) is 1.07. The molecule has 0 atom stereocenters. The lowest BCUT2D eigenvalue weighted by Gasteiger charge is -1.91. The quantitative estimate of drug-likeness (QED) is 0.571. The first-order chi connectivity index (χ1) is 5.83. The summed E-state index contributed by atoms with van der Waals surface area (Å²) in [5, 5.41) is 2.04. The third-order valence-electron chi connectivity index (χ3n) is 1.67. The molecule has 0 saturated carbocycles. The minimum Gasteiger partial charge on any atom is -0.235 e. The molecule has 0 aliphatic rings. The Labute approximate surface area is 74.3 Å². The molecule has 0 unspecified atom stereocenters. The summed E-state index contributed by atoms with van der Waals surface area (Å²) in [6, 6.07) is 0. The van der Waals surface area contributed by atoms with Gasteiger partial charge in [-0.2, -0.15) is 0 Å². The van der Waals surface area contributed by atoms with E-state index in [1.807, 2.05) is 12.3 Å². The number of aromatic nitrogens is 2. The number of terminal acetylenes is 1. The SMILES string of the molecule is C#Cc1ncnc2c(C)csc12. The predicted octanol–water partition coefficient (Wildman–Crippen LogP) is 1.98. The fraction of sp³-hybridized carbons (Fsp3) is 0.111. The number of fused-ring (bicyclic) bond motifs is 1. The van der Waals surface area contributed by atoms with Gasteiger partial charge in [0.2, 0.25) is 0 Å². The van der Waals surface area contributed by atoms with E-state index < -0.39 is 0 Å². The van der Waals surface area contributed by atoms with Crippen molar-refractivity contribution in [1.29, 1.82) is 0 Å². The van der Waals surface area contributed by atoms with Crippen LogP contribution < -0.4 is 0 Å². The molecule has 0 aliphatic carbocycles. The van der Waals surface area contributed by atoms with E-state index in [4.69, 9.17) is 6.42 Å². The molecule has 2 heterocycles. The van der Waals surface area contributed by atoms with Crippen molar-refractivity contribution < 1.29 is 0 Å². The van der Waals surface area contributed by atoms with Gasteiger partial charge in [0, 0.05) is 0 Å². The van der Waals surface area contributed by atoms with Crippen LogP contribution in [0.2, 0.25) is 0 Å². The minimum atomic E-state index is 0.693. The fourth-order valence-corrected chi connectivity index (χ4v) is 2.03. The van der Waals surface area contributed by atoms with Crippen LogP contribution in [-0.2, 0) is 0 Å². The molecule has 0 aliphatic heterocycles. The van der Waals surface area contributed by atoms with Gasteiger partial charge in [0.15, 0.2) is 0 Å². The molecule has 2 aromatic heterocycles. The van der Waals surface area contributed by atoms with Crippen LogP contribution in [-0.4, -0.2) is 9.97 Å². The lowest BCUT2D eigenvalue weighted by atomic mass is 10.3. The normalized spacial score (nSPS) is 10.0. The highest BCUT2D eigenvalue weighted by atomic mass is 32.1. The van der Waals surface area contributed by atoms with E-state index in [2.05, 4.69) is 15.9 Å². The van der Waals surface area contributed by atoms with Gasteiger partial charge in [0.25, 0.3) is 0 Å². The average Bonchev–Trinajstić information content (AvgIpc) is 2.48. The van der Waals surface area contributed by atoms with Crippen molar-refractivity contribution >= 4 is 21.6 Å². The largest absolute Gasteiger partial charge is 0.235 e. The van der Waals surface area contributed by atoms with E-state index in [1.54, 1.807) is 11.3 Å². The Balaban J connectivity index is 2.92. The highest BCUT2D eigenvalue weighted by Crippen LogP contribution is 2.24. The maximum Gasteiger partial charge on any atom is 0.134 e. The summed E-state index contributed by atoms with van der Waals surface area (Å²) in [7, 11) is 0. The van der Waals surface area contributed by atoms with Crippen molar-refractivity contribution in [2.45, 2.75) is 6.92 Å². The topological polar surface area (TPSA) is 25.8 Å². The van der Waals surface area contributed by atoms with E-state index in [0.29, 0.717) is 5.69 Å². The van der Waals surface area contributed by atoms with E-state index >= 15 is 0 Å². The summed E-state index contributed by atoms with van der Waals surface area (Å²) >= 11 is 1.60. The first-order valence-corrected chi connectivity index (χ1v) is 4.36. The Kier molecular flexibility index (Phi) is 1.56. The molecule has 0 saturated heterocycles. The minimum absolute atomic E-state index is 0.693. The van der Waals surface area contributed by atoms with E-state index in [0.717, 1.165) is 15.8 Å². The van der Waals surface area contributed by atoms with Crippen molar-refractivity contribution in [3.05, 3.63) is 23.0 Å². The van der Waals surface area contributed by atoms with E-state index in [9.17, 15) is 0 Å². The Morgan fingerprint density at radius 2 is 2.33 bits per heavy atom. The lowest BCUT2D eigenvalue weighted by molar-refractivity contribution is 1.20. The highest BCUT2D eigenvalue weighted by molar-refractivity contribution is 7.17. The molecule has 0 bridgehead atoms. The molecule has 58 valence electrons. The molecule has 0 amide bonds. The number of nitrogens with zero attached hydrogens (tertiary/aromatic N) is 2. The third kappa shape index (κ3) is 0.892. The van der Waals surface area contributed by atoms with Crippen LogP contribution >= 0.6 is 11.3 Å². The molecule has 2 nitrogen and oxygen atoms in total. The molecule has 0 aromatic carbocycles. The monoisotopic (exact) mass is 174 g/mol. The predicted molar refractivity (Wildman–Crippen MR) is 50.1 cm³/mol. The van der Waals surface area contributed by atoms with Crippen LogP contribution in [0.3, 0.4) is 0 Å². The summed E-state index contributed by atoms with van der Waals surface area (Å²) in [6.07, 6.45) is 6.80. The number of hydrogen-bond donors (Lipinski definition) is 0. The van der Waals surface area contributed by atoms with Crippen molar-refractivity contribution in [3.63, 3.8) is 0 Å². The van der Waals surface area contributed by atoms with Crippen LogP contribution in [0.1, 0.15) is 11.3 Å². The maximum absolute atomic E-state index is 5.29. The van der Waals surface area contributed by atoms with Gasteiger partial charge >= 0.3 is 0 Å². The summed E-state index contributed by atoms with van der Waals surface area (Å²) in [5.41, 5.74) is 2.83. The van der Waals surface area contributed by atoms with E-state index in [1.165, 1.54) is 6.33 Å². The van der Waals surface area contributed by atoms with Crippen molar-refractivity contribution in [2.75, 3.05) is 0 Å². The smallest absolute Gasteiger partial charge is 0.134 e. The molecule has 12 heavy (non-hydrogen) atoms. The Hall–Kier alpha value is -1.40. The first-order valence-electron chi connectivity index (χ1n) is 3.48. The van der Waals surface area contributed by atoms with Crippen LogP contribution in [0, 0.1) is 19.3 Å². The first kappa shape index (κ1) is 7.26. The average molecular weight is 174 g/mol. The summed E-state index contributed by atoms with van der Waals surface area (Å²) in [4.78, 5) is 8.16. The second-order valence-electron chi connectivity index (χ2n) is 2.46. The van der Waals surface area contributed by atoms with Gasteiger partial charge < -0.3 is 0 Å². The standard InChI is InChI=1S/C9H6N2S/c1-3-7-9-8(11-5-10-7)6(2)4-12-9/h1,4-5H,2H3. The van der Waals surface area contributed by atoms with Crippen molar-refractivity contribution in [1.82, 2.24) is 9.97 Å².